The molecule has 0 saturated carbocycles. The summed E-state index contributed by atoms with van der Waals surface area (Å²) in [5.74, 6) is -0.539. The van der Waals surface area contributed by atoms with E-state index >= 15 is 0 Å². The molecule has 168 valence electrons. The summed E-state index contributed by atoms with van der Waals surface area (Å²) in [6, 6.07) is 3.89. The summed E-state index contributed by atoms with van der Waals surface area (Å²) in [6.45, 7) is 10.5. The predicted octanol–water partition coefficient (Wildman–Crippen LogP) is 3.63. The zero-order valence-electron chi connectivity index (χ0n) is 18.6. The van der Waals surface area contributed by atoms with Crippen LogP contribution >= 0.6 is 0 Å². The third-order valence-electron chi connectivity index (χ3n) is 6.14. The van der Waals surface area contributed by atoms with Crippen LogP contribution in [0.25, 0.3) is 0 Å². The van der Waals surface area contributed by atoms with E-state index in [2.05, 4.69) is 32.4 Å². The minimum Gasteiger partial charge on any atom is -0.362 e. The van der Waals surface area contributed by atoms with Crippen LogP contribution in [0, 0.1) is 17.6 Å². The number of nitrogens with zero attached hydrogens (tertiary/aromatic N) is 4. The first kappa shape index (κ1) is 23.3. The highest BCUT2D eigenvalue weighted by atomic mass is 19.1. The molecular formula is C24H33F2N5. The zero-order valence-corrected chi connectivity index (χ0v) is 18.6. The number of rotatable bonds is 7. The lowest BCUT2D eigenvalue weighted by atomic mass is 9.90. The molecule has 1 N–H and O–H groups in total. The Morgan fingerprint density at radius 1 is 1.19 bits per heavy atom. The molecule has 0 aliphatic carbocycles. The molecule has 1 aromatic rings. The summed E-state index contributed by atoms with van der Waals surface area (Å²) in [5.41, 5.74) is 6.73. The van der Waals surface area contributed by atoms with Crippen molar-refractivity contribution in [3.05, 3.63) is 53.4 Å². The molecule has 0 radical (unpaired) electrons. The van der Waals surface area contributed by atoms with E-state index in [0.717, 1.165) is 68.6 Å². The second kappa shape index (κ2) is 11.3. The SMILES string of the molecule is C=C=C(C)N1CCC(=NCNC)C(=NCN2CCC(Cc3ccc(F)cc3F)CC2)C1. The molecule has 2 aliphatic heterocycles. The minimum atomic E-state index is -0.520. The Bertz CT molecular complexity index is 865. The van der Waals surface area contributed by atoms with Crippen LogP contribution in [0.4, 0.5) is 8.78 Å². The Labute approximate surface area is 184 Å². The van der Waals surface area contributed by atoms with Crippen molar-refractivity contribution in [2.24, 2.45) is 15.9 Å². The Hall–Kier alpha value is -2.34. The lowest BCUT2D eigenvalue weighted by molar-refractivity contribution is 0.188. The first-order chi connectivity index (χ1) is 15.0. The Morgan fingerprint density at radius 3 is 2.65 bits per heavy atom. The number of halogens is 2. The third kappa shape index (κ3) is 6.57. The molecule has 3 rings (SSSR count). The summed E-state index contributed by atoms with van der Waals surface area (Å²) in [4.78, 5) is 14.2. The highest BCUT2D eigenvalue weighted by molar-refractivity contribution is 6.43. The summed E-state index contributed by atoms with van der Waals surface area (Å²) in [7, 11) is 1.89. The van der Waals surface area contributed by atoms with Gasteiger partial charge in [-0.15, -0.1) is 5.73 Å². The van der Waals surface area contributed by atoms with Gasteiger partial charge in [-0.1, -0.05) is 12.6 Å². The average Bonchev–Trinajstić information content (AvgIpc) is 2.78. The number of piperidine rings is 2. The molecule has 5 nitrogen and oxygen atoms in total. The standard InChI is InChI=1S/C24H33F2N5/c1-4-18(2)31-12-9-23(28-16-27-3)24(15-31)29-17-30-10-7-19(8-11-30)13-20-5-6-21(25)14-22(20)26/h5-6,14,19,27H,1,7-13,15-17H2,2-3H3. The zero-order chi connectivity index (χ0) is 22.2. The van der Waals surface area contributed by atoms with E-state index in [-0.39, 0.29) is 0 Å². The van der Waals surface area contributed by atoms with Gasteiger partial charge in [-0.2, -0.15) is 0 Å². The number of likely N-dealkylation sites (tertiary alicyclic amines) is 2. The highest BCUT2D eigenvalue weighted by Gasteiger charge is 2.23. The first-order valence-electron chi connectivity index (χ1n) is 11.0. The van der Waals surface area contributed by atoms with E-state index in [1.54, 1.807) is 6.07 Å². The maximum Gasteiger partial charge on any atom is 0.129 e. The molecule has 0 amide bonds. The topological polar surface area (TPSA) is 43.2 Å². The molecule has 0 bridgehead atoms. The monoisotopic (exact) mass is 429 g/mol. The number of hydrogen-bond donors (Lipinski definition) is 1. The van der Waals surface area contributed by atoms with E-state index < -0.39 is 11.6 Å². The fraction of sp³-hybridized carbons (Fsp3) is 0.542. The van der Waals surface area contributed by atoms with Gasteiger partial charge in [-0.3, -0.25) is 14.9 Å². The van der Waals surface area contributed by atoms with E-state index in [9.17, 15) is 8.78 Å². The molecule has 1 aromatic carbocycles. The van der Waals surface area contributed by atoms with Crippen molar-refractivity contribution < 1.29 is 8.78 Å². The van der Waals surface area contributed by atoms with E-state index in [4.69, 9.17) is 4.99 Å². The molecule has 0 atom stereocenters. The quantitative estimate of drug-likeness (QED) is 0.673. The van der Waals surface area contributed by atoms with Gasteiger partial charge >= 0.3 is 0 Å². The van der Waals surface area contributed by atoms with Crippen molar-refractivity contribution in [1.82, 2.24) is 15.1 Å². The average molecular weight is 430 g/mol. The van der Waals surface area contributed by atoms with Crippen LogP contribution in [0.15, 0.2) is 46.2 Å². The van der Waals surface area contributed by atoms with Crippen LogP contribution in [-0.4, -0.2) is 67.8 Å². The van der Waals surface area contributed by atoms with Crippen LogP contribution in [0.1, 0.15) is 31.7 Å². The summed E-state index contributed by atoms with van der Waals surface area (Å²) >= 11 is 0. The fourth-order valence-electron chi connectivity index (χ4n) is 4.14. The minimum absolute atomic E-state index is 0.419. The molecule has 0 unspecified atom stereocenters. The van der Waals surface area contributed by atoms with E-state index in [1.807, 2.05) is 14.0 Å². The third-order valence-corrected chi connectivity index (χ3v) is 6.14. The number of aliphatic imine (C=N–C) groups is 2. The second-order valence-corrected chi connectivity index (χ2v) is 8.30. The fourth-order valence-corrected chi connectivity index (χ4v) is 4.14. The lowest BCUT2D eigenvalue weighted by Gasteiger charge is -2.33. The number of nitrogens with one attached hydrogen (secondary N) is 1. The molecule has 2 heterocycles. The summed E-state index contributed by atoms with van der Waals surface area (Å²) < 4.78 is 27.1. The molecule has 31 heavy (non-hydrogen) atoms. The molecule has 2 fully saturated rings. The smallest absolute Gasteiger partial charge is 0.129 e. The molecule has 2 saturated heterocycles. The van der Waals surface area contributed by atoms with Crippen LogP contribution in [0.5, 0.6) is 0 Å². The second-order valence-electron chi connectivity index (χ2n) is 8.30. The Balaban J connectivity index is 1.56. The van der Waals surface area contributed by atoms with Gasteiger partial charge < -0.3 is 10.2 Å². The molecule has 0 aromatic heterocycles. The van der Waals surface area contributed by atoms with Crippen LogP contribution < -0.4 is 5.32 Å². The number of allylic oxidation sites excluding steroid dienone is 1. The largest absolute Gasteiger partial charge is 0.362 e. The number of benzene rings is 1. The van der Waals surface area contributed by atoms with Crippen LogP contribution in [-0.2, 0) is 6.42 Å². The van der Waals surface area contributed by atoms with Gasteiger partial charge in [-0.25, -0.2) is 8.78 Å². The van der Waals surface area contributed by atoms with Gasteiger partial charge in [0, 0.05) is 32.1 Å². The van der Waals surface area contributed by atoms with Gasteiger partial charge in [0.1, 0.15) is 11.6 Å². The van der Waals surface area contributed by atoms with Crippen molar-refractivity contribution in [1.29, 1.82) is 0 Å². The van der Waals surface area contributed by atoms with Gasteiger partial charge in [0.2, 0.25) is 0 Å². The predicted molar refractivity (Wildman–Crippen MR) is 123 cm³/mol. The van der Waals surface area contributed by atoms with E-state index in [0.29, 0.717) is 31.2 Å². The summed E-state index contributed by atoms with van der Waals surface area (Å²) in [6.07, 6.45) is 3.52. The number of hydrogen-bond acceptors (Lipinski definition) is 5. The van der Waals surface area contributed by atoms with E-state index in [1.165, 1.54) is 6.07 Å². The molecule has 7 heteroatoms. The summed E-state index contributed by atoms with van der Waals surface area (Å²) in [5, 5.41) is 3.08. The Kier molecular flexibility index (Phi) is 8.52. The van der Waals surface area contributed by atoms with Gasteiger partial charge in [0.25, 0.3) is 0 Å². The lowest BCUT2D eigenvalue weighted by Crippen LogP contribution is -2.42. The van der Waals surface area contributed by atoms with Crippen molar-refractivity contribution >= 4 is 11.4 Å². The van der Waals surface area contributed by atoms with Crippen molar-refractivity contribution in [2.45, 2.75) is 32.6 Å². The van der Waals surface area contributed by atoms with Crippen molar-refractivity contribution in [3.8, 4) is 0 Å². The van der Waals surface area contributed by atoms with Crippen LogP contribution in [0.3, 0.4) is 0 Å². The van der Waals surface area contributed by atoms with Gasteiger partial charge in [-0.05, 0) is 50.8 Å². The van der Waals surface area contributed by atoms with Crippen LogP contribution in [0.2, 0.25) is 0 Å². The Morgan fingerprint density at radius 2 is 1.97 bits per heavy atom. The maximum absolute atomic E-state index is 14.0. The maximum atomic E-state index is 14.0. The van der Waals surface area contributed by atoms with Gasteiger partial charge in [0.15, 0.2) is 0 Å². The normalized spacial score (nSPS) is 21.0. The molecular weight excluding hydrogens is 396 g/mol. The van der Waals surface area contributed by atoms with Crippen molar-refractivity contribution in [2.75, 3.05) is 46.6 Å². The highest BCUT2D eigenvalue weighted by Crippen LogP contribution is 2.23. The van der Waals surface area contributed by atoms with Crippen molar-refractivity contribution in [3.63, 3.8) is 0 Å². The molecule has 0 spiro atoms. The van der Waals surface area contributed by atoms with Gasteiger partial charge in [0.05, 0.1) is 37.0 Å². The first-order valence-corrected chi connectivity index (χ1v) is 11.0. The molecule has 2 aliphatic rings.